The number of hydrogen-bond acceptors (Lipinski definition) is 4. The van der Waals surface area contributed by atoms with Crippen molar-refractivity contribution in [2.45, 2.75) is 32.4 Å². The Morgan fingerprint density at radius 2 is 2.07 bits per heavy atom. The molecule has 2 N–H and O–H groups in total. The fourth-order valence-electron chi connectivity index (χ4n) is 1.38. The molecule has 3 nitrogen and oxygen atoms in total. The van der Waals surface area contributed by atoms with Gasteiger partial charge in [-0.25, -0.2) is 0 Å². The van der Waals surface area contributed by atoms with E-state index in [1.807, 2.05) is 13.2 Å². The van der Waals surface area contributed by atoms with Crippen LogP contribution in [0.1, 0.15) is 20.8 Å². The summed E-state index contributed by atoms with van der Waals surface area (Å²) in [5.74, 6) is 1.26. The maximum absolute atomic E-state index is 9.99. The smallest absolute Gasteiger partial charge is 0.0833 e. The van der Waals surface area contributed by atoms with E-state index in [4.69, 9.17) is 4.74 Å². The third-order valence-electron chi connectivity index (χ3n) is 2.35. The van der Waals surface area contributed by atoms with Crippen molar-refractivity contribution >= 4 is 11.8 Å². The second-order valence-electron chi connectivity index (χ2n) is 4.62. The predicted molar refractivity (Wildman–Crippen MR) is 67.5 cm³/mol. The van der Waals surface area contributed by atoms with Crippen LogP contribution in [0.4, 0.5) is 0 Å². The van der Waals surface area contributed by atoms with Crippen molar-refractivity contribution in [3.8, 4) is 0 Å². The Bertz CT molecular complexity index is 163. The highest BCUT2D eigenvalue weighted by atomic mass is 32.2. The van der Waals surface area contributed by atoms with Crippen LogP contribution in [0.25, 0.3) is 0 Å². The quantitative estimate of drug-likeness (QED) is 0.666. The van der Waals surface area contributed by atoms with Crippen LogP contribution in [0.2, 0.25) is 0 Å². The lowest BCUT2D eigenvalue weighted by molar-refractivity contribution is 0.0694. The van der Waals surface area contributed by atoms with Gasteiger partial charge < -0.3 is 15.2 Å². The lowest BCUT2D eigenvalue weighted by Gasteiger charge is -2.28. The van der Waals surface area contributed by atoms with Crippen molar-refractivity contribution in [2.75, 3.05) is 32.3 Å². The molecule has 0 saturated heterocycles. The van der Waals surface area contributed by atoms with Gasteiger partial charge in [-0.15, -0.1) is 0 Å². The highest BCUT2D eigenvalue weighted by Crippen LogP contribution is 2.10. The van der Waals surface area contributed by atoms with E-state index in [-0.39, 0.29) is 0 Å². The van der Waals surface area contributed by atoms with Crippen LogP contribution in [0.3, 0.4) is 0 Å². The average Bonchev–Trinajstić information content (AvgIpc) is 2.11. The second kappa shape index (κ2) is 7.49. The molecule has 0 bridgehead atoms. The van der Waals surface area contributed by atoms with Gasteiger partial charge in [-0.2, -0.15) is 11.8 Å². The summed E-state index contributed by atoms with van der Waals surface area (Å²) in [7, 11) is 1.71. The number of rotatable bonds is 8. The lowest BCUT2D eigenvalue weighted by Crippen LogP contribution is -2.47. The Morgan fingerprint density at radius 1 is 1.47 bits per heavy atom. The molecule has 0 aliphatic heterocycles. The van der Waals surface area contributed by atoms with Crippen molar-refractivity contribution in [1.29, 1.82) is 0 Å². The Balaban J connectivity index is 3.97. The van der Waals surface area contributed by atoms with Crippen LogP contribution in [-0.2, 0) is 4.74 Å². The monoisotopic (exact) mass is 235 g/mol. The molecule has 15 heavy (non-hydrogen) atoms. The highest BCUT2D eigenvalue weighted by Gasteiger charge is 2.22. The van der Waals surface area contributed by atoms with E-state index >= 15 is 0 Å². The standard InChI is InChI=1S/C11H25NO2S/c1-9(2)10(6-14-4)12-7-11(3,13)8-15-5/h9-10,12-13H,6-8H2,1-5H3. The first-order chi connectivity index (χ1) is 6.93. The van der Waals surface area contributed by atoms with Gasteiger partial charge in [-0.05, 0) is 19.1 Å². The Kier molecular flexibility index (Phi) is 7.61. The third kappa shape index (κ3) is 7.17. The predicted octanol–water partition coefficient (Wildman–Crippen LogP) is 1.36. The van der Waals surface area contributed by atoms with Crippen molar-refractivity contribution in [2.24, 2.45) is 5.92 Å². The number of nitrogens with one attached hydrogen (secondary N) is 1. The van der Waals surface area contributed by atoms with E-state index in [0.717, 1.165) is 5.75 Å². The molecule has 0 aliphatic carbocycles. The largest absolute Gasteiger partial charge is 0.388 e. The molecule has 4 heteroatoms. The molecule has 0 aliphatic rings. The molecular weight excluding hydrogens is 210 g/mol. The zero-order valence-corrected chi connectivity index (χ0v) is 11.4. The lowest BCUT2D eigenvalue weighted by atomic mass is 10.0. The summed E-state index contributed by atoms with van der Waals surface area (Å²) in [6, 6.07) is 0.309. The maximum Gasteiger partial charge on any atom is 0.0833 e. The molecule has 2 unspecified atom stereocenters. The molecule has 2 atom stereocenters. The summed E-state index contributed by atoms with van der Waals surface area (Å²) < 4.78 is 5.14. The zero-order valence-electron chi connectivity index (χ0n) is 10.5. The van der Waals surface area contributed by atoms with E-state index in [2.05, 4.69) is 19.2 Å². The van der Waals surface area contributed by atoms with Crippen LogP contribution in [0, 0.1) is 5.92 Å². The Morgan fingerprint density at radius 3 is 2.47 bits per heavy atom. The number of methoxy groups -OCH3 is 1. The van der Waals surface area contributed by atoms with Gasteiger partial charge in [0.1, 0.15) is 0 Å². The number of hydrogen-bond donors (Lipinski definition) is 2. The van der Waals surface area contributed by atoms with Crippen LogP contribution in [0.15, 0.2) is 0 Å². The molecule has 0 aromatic carbocycles. The topological polar surface area (TPSA) is 41.5 Å². The van der Waals surface area contributed by atoms with Crippen LogP contribution in [-0.4, -0.2) is 49.0 Å². The molecule has 0 amide bonds. The second-order valence-corrected chi connectivity index (χ2v) is 5.48. The summed E-state index contributed by atoms with van der Waals surface area (Å²) in [6.45, 7) is 7.47. The van der Waals surface area contributed by atoms with Crippen LogP contribution in [0.5, 0.6) is 0 Å². The van der Waals surface area contributed by atoms with E-state index in [9.17, 15) is 5.11 Å². The fraction of sp³-hybridized carbons (Fsp3) is 1.00. The summed E-state index contributed by atoms with van der Waals surface area (Å²) >= 11 is 1.66. The molecular formula is C11H25NO2S. The Hall–Kier alpha value is 0.230. The summed E-state index contributed by atoms with van der Waals surface area (Å²) in [6.07, 6.45) is 2.00. The molecule has 0 radical (unpaired) electrons. The van der Waals surface area contributed by atoms with Crippen molar-refractivity contribution in [3.63, 3.8) is 0 Å². The van der Waals surface area contributed by atoms with Crippen LogP contribution < -0.4 is 5.32 Å². The van der Waals surface area contributed by atoms with Crippen molar-refractivity contribution in [3.05, 3.63) is 0 Å². The zero-order chi connectivity index (χ0) is 11.9. The molecule has 0 aromatic heterocycles. The summed E-state index contributed by atoms with van der Waals surface area (Å²) in [4.78, 5) is 0. The van der Waals surface area contributed by atoms with Crippen molar-refractivity contribution in [1.82, 2.24) is 5.32 Å². The molecule has 0 rings (SSSR count). The van der Waals surface area contributed by atoms with E-state index < -0.39 is 5.60 Å². The van der Waals surface area contributed by atoms with Gasteiger partial charge in [0, 0.05) is 25.4 Å². The summed E-state index contributed by atoms with van der Waals surface area (Å²) in [5, 5.41) is 13.3. The minimum Gasteiger partial charge on any atom is -0.388 e. The fourth-order valence-corrected chi connectivity index (χ4v) is 2.10. The van der Waals surface area contributed by atoms with Gasteiger partial charge in [0.2, 0.25) is 0 Å². The van der Waals surface area contributed by atoms with Gasteiger partial charge in [0.15, 0.2) is 0 Å². The average molecular weight is 235 g/mol. The normalized spacial score (nSPS) is 17.8. The van der Waals surface area contributed by atoms with E-state index in [0.29, 0.717) is 25.1 Å². The van der Waals surface area contributed by atoms with Crippen LogP contribution >= 0.6 is 11.8 Å². The molecule has 0 fully saturated rings. The number of ether oxygens (including phenoxy) is 1. The van der Waals surface area contributed by atoms with Gasteiger partial charge in [0.05, 0.1) is 12.2 Å². The first-order valence-electron chi connectivity index (χ1n) is 5.36. The minimum absolute atomic E-state index is 0.309. The molecule has 92 valence electrons. The Labute approximate surface area is 98.0 Å². The number of thioether (sulfide) groups is 1. The van der Waals surface area contributed by atoms with E-state index in [1.165, 1.54) is 0 Å². The maximum atomic E-state index is 9.99. The third-order valence-corrected chi connectivity index (χ3v) is 3.26. The SMILES string of the molecule is COCC(NCC(C)(O)CSC)C(C)C. The number of aliphatic hydroxyl groups is 1. The molecule has 0 heterocycles. The minimum atomic E-state index is -0.639. The van der Waals surface area contributed by atoms with Gasteiger partial charge in [0.25, 0.3) is 0 Å². The highest BCUT2D eigenvalue weighted by molar-refractivity contribution is 7.98. The molecule has 0 aromatic rings. The first kappa shape index (κ1) is 15.2. The van der Waals surface area contributed by atoms with Gasteiger partial charge >= 0.3 is 0 Å². The van der Waals surface area contributed by atoms with Gasteiger partial charge in [-0.3, -0.25) is 0 Å². The van der Waals surface area contributed by atoms with Crippen molar-refractivity contribution < 1.29 is 9.84 Å². The summed E-state index contributed by atoms with van der Waals surface area (Å²) in [5.41, 5.74) is -0.639. The molecule has 0 spiro atoms. The van der Waals surface area contributed by atoms with Gasteiger partial charge in [-0.1, -0.05) is 13.8 Å². The first-order valence-corrected chi connectivity index (χ1v) is 6.76. The molecule has 0 saturated carbocycles. The van der Waals surface area contributed by atoms with E-state index in [1.54, 1.807) is 18.9 Å².